The highest BCUT2D eigenvalue weighted by Crippen LogP contribution is 2.33. The highest BCUT2D eigenvalue weighted by molar-refractivity contribution is 7.90. The molecule has 9 nitrogen and oxygen atoms in total. The first-order chi connectivity index (χ1) is 16.3. The van der Waals surface area contributed by atoms with Crippen LogP contribution >= 0.6 is 11.6 Å². The number of rotatable bonds is 7. The molecule has 0 aliphatic rings. The number of aliphatic hydroxyl groups excluding tert-OH is 1. The van der Waals surface area contributed by atoms with Gasteiger partial charge >= 0.3 is 5.97 Å². The van der Waals surface area contributed by atoms with Crippen molar-refractivity contribution in [3.8, 4) is 18.2 Å². The van der Waals surface area contributed by atoms with Crippen molar-refractivity contribution in [3.05, 3.63) is 63.1 Å². The first kappa shape index (κ1) is 26.2. The molecule has 1 N–H and O–H groups in total. The van der Waals surface area contributed by atoms with Crippen LogP contribution in [0, 0.1) is 26.2 Å². The Hall–Kier alpha value is -3.39. The zero-order valence-corrected chi connectivity index (χ0v) is 21.4. The fraction of sp³-hybridized carbons (Fsp3) is 0.292. The maximum absolute atomic E-state index is 13.6. The number of halogens is 1. The van der Waals surface area contributed by atoms with Gasteiger partial charge in [0.05, 0.1) is 21.2 Å². The van der Waals surface area contributed by atoms with Crippen molar-refractivity contribution in [1.29, 1.82) is 0 Å². The maximum Gasteiger partial charge on any atom is 0.346 e. The number of carbonyl (C=O) groups is 2. The Bertz CT molecular complexity index is 1490. The van der Waals surface area contributed by atoms with Crippen molar-refractivity contribution in [2.45, 2.75) is 31.3 Å². The lowest BCUT2D eigenvalue weighted by atomic mass is 9.98. The van der Waals surface area contributed by atoms with Gasteiger partial charge in [-0.15, -0.1) is 6.42 Å². The second-order valence-electron chi connectivity index (χ2n) is 8.10. The number of hydrogen-bond donors (Lipinski definition) is 1. The smallest absolute Gasteiger partial charge is 0.346 e. The summed E-state index contributed by atoms with van der Waals surface area (Å²) in [5.74, 6) is 0.716. The minimum absolute atomic E-state index is 0.00751. The Labute approximate surface area is 208 Å². The number of hydrogen-bond acceptors (Lipinski definition) is 7. The number of sulfone groups is 1. The normalized spacial score (nSPS) is 12.3. The number of benzene rings is 1. The molecule has 3 aromatic rings. The molecule has 0 spiro atoms. The van der Waals surface area contributed by atoms with E-state index in [9.17, 15) is 23.1 Å². The molecule has 0 aliphatic heterocycles. The molecule has 0 saturated carbocycles. The van der Waals surface area contributed by atoms with Gasteiger partial charge in [0.1, 0.15) is 11.7 Å². The number of carbonyl (C=O) groups excluding carboxylic acids is 2. The number of aliphatic hydroxyl groups is 1. The van der Waals surface area contributed by atoms with E-state index in [0.29, 0.717) is 11.3 Å². The third-order valence-corrected chi connectivity index (χ3v) is 7.24. The molecular formula is C24H24ClN3O6S. The summed E-state index contributed by atoms with van der Waals surface area (Å²) in [6.07, 6.45) is 6.35. The fourth-order valence-electron chi connectivity index (χ4n) is 3.69. The van der Waals surface area contributed by atoms with Crippen LogP contribution in [0.1, 0.15) is 43.2 Å². The minimum atomic E-state index is -3.74. The van der Waals surface area contributed by atoms with Gasteiger partial charge < -0.3 is 14.4 Å². The molecule has 2 heterocycles. The van der Waals surface area contributed by atoms with Crippen LogP contribution in [0.2, 0.25) is 5.02 Å². The lowest BCUT2D eigenvalue weighted by Gasteiger charge is -2.15. The standard InChI is InChI=1S/C24H24ClN3O6S/c1-7-15(29)12-18-19(35(6,32)33)9-8-17(21(18)25)22(30)20-13(2)26-28(5)23(20)34-24(31)16-10-11-27(4)14(16)3/h1,8-11,15,29H,12H2,2-6H3. The van der Waals surface area contributed by atoms with Crippen molar-refractivity contribution >= 4 is 33.2 Å². The zero-order valence-electron chi connectivity index (χ0n) is 19.8. The Balaban J connectivity index is 2.12. The van der Waals surface area contributed by atoms with E-state index in [1.165, 1.54) is 23.9 Å². The molecule has 0 saturated heterocycles. The lowest BCUT2D eigenvalue weighted by Crippen LogP contribution is -2.16. The average molecular weight is 518 g/mol. The number of aromatic nitrogens is 3. The summed E-state index contributed by atoms with van der Waals surface area (Å²) in [6, 6.07) is 4.11. The summed E-state index contributed by atoms with van der Waals surface area (Å²) in [7, 11) is -0.436. The van der Waals surface area contributed by atoms with Crippen LogP contribution in [0.5, 0.6) is 5.88 Å². The van der Waals surface area contributed by atoms with Crippen LogP contribution in [-0.2, 0) is 30.4 Å². The molecule has 0 fully saturated rings. The first-order valence-corrected chi connectivity index (χ1v) is 12.6. The van der Waals surface area contributed by atoms with E-state index in [1.807, 2.05) is 0 Å². The molecule has 0 amide bonds. The van der Waals surface area contributed by atoms with E-state index in [4.69, 9.17) is 22.8 Å². The molecule has 1 atom stereocenters. The van der Waals surface area contributed by atoms with Gasteiger partial charge in [0, 0.05) is 44.2 Å². The van der Waals surface area contributed by atoms with E-state index in [0.717, 1.165) is 6.26 Å². The molecular weight excluding hydrogens is 494 g/mol. The third kappa shape index (κ3) is 5.03. The van der Waals surface area contributed by atoms with Gasteiger partial charge in [-0.1, -0.05) is 17.5 Å². The van der Waals surface area contributed by atoms with Gasteiger partial charge in [-0.05, 0) is 37.6 Å². The number of aryl methyl sites for hydroxylation is 3. The Morgan fingerprint density at radius 2 is 1.89 bits per heavy atom. The molecule has 184 valence electrons. The van der Waals surface area contributed by atoms with Crippen LogP contribution in [0.15, 0.2) is 29.3 Å². The number of nitrogens with zero attached hydrogens (tertiary/aromatic N) is 3. The highest BCUT2D eigenvalue weighted by atomic mass is 35.5. The molecule has 0 radical (unpaired) electrons. The van der Waals surface area contributed by atoms with Gasteiger partial charge in [-0.25, -0.2) is 17.9 Å². The van der Waals surface area contributed by atoms with Crippen molar-refractivity contribution in [2.24, 2.45) is 14.1 Å². The van der Waals surface area contributed by atoms with E-state index < -0.39 is 27.7 Å². The van der Waals surface area contributed by atoms with Crippen molar-refractivity contribution in [1.82, 2.24) is 14.3 Å². The summed E-state index contributed by atoms with van der Waals surface area (Å²) in [5, 5.41) is 14.0. The number of esters is 1. The summed E-state index contributed by atoms with van der Waals surface area (Å²) in [5.41, 5.74) is 1.24. The van der Waals surface area contributed by atoms with Gasteiger partial charge in [0.2, 0.25) is 11.7 Å². The monoisotopic (exact) mass is 517 g/mol. The zero-order chi connectivity index (χ0) is 26.2. The van der Waals surface area contributed by atoms with Crippen LogP contribution in [0.4, 0.5) is 0 Å². The average Bonchev–Trinajstić information content (AvgIpc) is 3.25. The molecule has 1 unspecified atom stereocenters. The molecule has 2 aromatic heterocycles. The van der Waals surface area contributed by atoms with E-state index in [-0.39, 0.29) is 44.6 Å². The summed E-state index contributed by atoms with van der Waals surface area (Å²) in [4.78, 5) is 26.3. The molecule has 0 aliphatic carbocycles. The predicted octanol–water partition coefficient (Wildman–Crippen LogP) is 2.42. The Morgan fingerprint density at radius 1 is 1.23 bits per heavy atom. The number of ether oxygens (including phenoxy) is 1. The number of terminal acetylenes is 1. The predicted molar refractivity (Wildman–Crippen MR) is 130 cm³/mol. The topological polar surface area (TPSA) is 120 Å². The second-order valence-corrected chi connectivity index (χ2v) is 10.5. The molecule has 35 heavy (non-hydrogen) atoms. The summed E-state index contributed by atoms with van der Waals surface area (Å²) >= 11 is 6.50. The molecule has 3 rings (SSSR count). The molecule has 11 heteroatoms. The van der Waals surface area contributed by atoms with E-state index >= 15 is 0 Å². The summed E-state index contributed by atoms with van der Waals surface area (Å²) in [6.45, 7) is 3.33. The van der Waals surface area contributed by atoms with Crippen molar-refractivity contribution < 1.29 is 27.9 Å². The Morgan fingerprint density at radius 3 is 2.43 bits per heavy atom. The fourth-order valence-corrected chi connectivity index (χ4v) is 5.02. The van der Waals surface area contributed by atoms with Crippen molar-refractivity contribution in [2.75, 3.05) is 6.26 Å². The van der Waals surface area contributed by atoms with Gasteiger partial charge in [-0.2, -0.15) is 5.10 Å². The van der Waals surface area contributed by atoms with Crippen molar-refractivity contribution in [3.63, 3.8) is 0 Å². The maximum atomic E-state index is 13.6. The quantitative estimate of drug-likeness (QED) is 0.290. The van der Waals surface area contributed by atoms with Crippen LogP contribution < -0.4 is 4.74 Å². The SMILES string of the molecule is C#CC(O)Cc1c(S(C)(=O)=O)ccc(C(=O)c2c(C)nn(C)c2OC(=O)c2ccn(C)c2C)c1Cl. The number of ketones is 1. The summed E-state index contributed by atoms with van der Waals surface area (Å²) < 4.78 is 33.1. The van der Waals surface area contributed by atoms with E-state index in [2.05, 4.69) is 11.0 Å². The Kier molecular flexibility index (Phi) is 7.26. The highest BCUT2D eigenvalue weighted by Gasteiger charge is 2.30. The van der Waals surface area contributed by atoms with Crippen LogP contribution in [0.25, 0.3) is 0 Å². The van der Waals surface area contributed by atoms with Gasteiger partial charge in [0.15, 0.2) is 9.84 Å². The van der Waals surface area contributed by atoms with Crippen LogP contribution in [-0.4, -0.2) is 52.0 Å². The minimum Gasteiger partial charge on any atom is -0.403 e. The second kappa shape index (κ2) is 9.70. The third-order valence-electron chi connectivity index (χ3n) is 5.62. The lowest BCUT2D eigenvalue weighted by molar-refractivity contribution is 0.0717. The van der Waals surface area contributed by atoms with Gasteiger partial charge in [0.25, 0.3) is 0 Å². The largest absolute Gasteiger partial charge is 0.403 e. The first-order valence-electron chi connectivity index (χ1n) is 10.4. The van der Waals surface area contributed by atoms with E-state index in [1.54, 1.807) is 37.7 Å². The molecule has 0 bridgehead atoms. The van der Waals surface area contributed by atoms with Crippen LogP contribution in [0.3, 0.4) is 0 Å². The molecule has 1 aromatic carbocycles. The van der Waals surface area contributed by atoms with Gasteiger partial charge in [-0.3, -0.25) is 4.79 Å².